The van der Waals surface area contributed by atoms with Crippen LogP contribution >= 0.6 is 0 Å². The summed E-state index contributed by atoms with van der Waals surface area (Å²) in [4.78, 5) is 16.5. The number of nitrogens with zero attached hydrogens (tertiary/aromatic N) is 2. The fourth-order valence-corrected chi connectivity index (χ4v) is 2.98. The molecule has 5 heteroatoms. The molecule has 1 unspecified atom stereocenters. The maximum atomic E-state index is 12.0. The second kappa shape index (κ2) is 7.94. The van der Waals surface area contributed by atoms with E-state index in [2.05, 4.69) is 20.9 Å². The summed E-state index contributed by atoms with van der Waals surface area (Å²) in [7, 11) is 0. The molecule has 3 aromatic rings. The predicted molar refractivity (Wildman–Crippen MR) is 98.1 cm³/mol. The molecule has 0 fully saturated rings. The van der Waals surface area contributed by atoms with Crippen molar-refractivity contribution in [1.29, 1.82) is 0 Å². The van der Waals surface area contributed by atoms with Crippen LogP contribution in [-0.4, -0.2) is 27.1 Å². The fraction of sp³-hybridized carbons (Fsp3) is 0.300. The third kappa shape index (κ3) is 4.25. The molecular weight excluding hydrogens is 314 g/mol. The molecule has 0 aliphatic rings. The number of hydrogen-bond acceptors (Lipinski definition) is 3. The number of aliphatic hydroxyl groups excluding tert-OH is 1. The van der Waals surface area contributed by atoms with E-state index in [9.17, 15) is 9.90 Å². The van der Waals surface area contributed by atoms with Gasteiger partial charge in [0, 0.05) is 13.1 Å². The van der Waals surface area contributed by atoms with Crippen molar-refractivity contribution in [1.82, 2.24) is 14.9 Å². The van der Waals surface area contributed by atoms with Gasteiger partial charge in [-0.15, -0.1) is 0 Å². The van der Waals surface area contributed by atoms with Crippen molar-refractivity contribution in [3.8, 4) is 0 Å². The number of benzene rings is 2. The number of aromatic nitrogens is 2. The zero-order valence-corrected chi connectivity index (χ0v) is 14.4. The number of fused-ring (bicyclic) bond motifs is 1. The summed E-state index contributed by atoms with van der Waals surface area (Å²) in [6, 6.07) is 17.3. The number of carbonyl (C=O) groups excluding carboxylic acids is 1. The Bertz CT molecular complexity index is 843. The average molecular weight is 337 g/mol. The molecule has 0 aliphatic heterocycles. The summed E-state index contributed by atoms with van der Waals surface area (Å²) in [5, 5.41) is 13.0. The minimum absolute atomic E-state index is 0.0804. The van der Waals surface area contributed by atoms with Gasteiger partial charge in [0.1, 0.15) is 5.82 Å². The molecule has 0 saturated heterocycles. The Morgan fingerprint density at radius 1 is 1.16 bits per heavy atom. The maximum absolute atomic E-state index is 12.0. The van der Waals surface area contributed by atoms with E-state index in [0.29, 0.717) is 6.54 Å². The van der Waals surface area contributed by atoms with Crippen LogP contribution in [0.5, 0.6) is 0 Å². The number of aliphatic hydroxyl groups is 1. The normalized spacial score (nSPS) is 12.2. The van der Waals surface area contributed by atoms with Gasteiger partial charge in [0.25, 0.3) is 0 Å². The molecule has 2 aromatic carbocycles. The van der Waals surface area contributed by atoms with Crippen LogP contribution < -0.4 is 5.32 Å². The molecular formula is C20H23N3O2. The first-order chi connectivity index (χ1) is 12.1. The Hall–Kier alpha value is -2.66. The zero-order valence-electron chi connectivity index (χ0n) is 14.4. The van der Waals surface area contributed by atoms with Crippen LogP contribution in [0.3, 0.4) is 0 Å². The number of nitrogens with one attached hydrogen (secondary N) is 1. The SMILES string of the molecule is Cc1nc2ccccc2n1CCCNC(=O)CC(O)c1ccccc1. The molecule has 0 radical (unpaired) electrons. The summed E-state index contributed by atoms with van der Waals surface area (Å²) in [6.45, 7) is 3.37. The lowest BCUT2D eigenvalue weighted by Gasteiger charge is -2.12. The third-order valence-electron chi connectivity index (χ3n) is 4.29. The van der Waals surface area contributed by atoms with E-state index in [4.69, 9.17) is 0 Å². The van der Waals surface area contributed by atoms with Crippen LogP contribution in [-0.2, 0) is 11.3 Å². The molecule has 0 aliphatic carbocycles. The zero-order chi connectivity index (χ0) is 17.6. The van der Waals surface area contributed by atoms with Gasteiger partial charge in [-0.1, -0.05) is 42.5 Å². The Labute approximate surface area is 147 Å². The molecule has 1 atom stereocenters. The summed E-state index contributed by atoms with van der Waals surface area (Å²) < 4.78 is 2.17. The van der Waals surface area contributed by atoms with Crippen molar-refractivity contribution in [2.75, 3.05) is 6.54 Å². The van der Waals surface area contributed by atoms with Crippen LogP contribution in [0.25, 0.3) is 11.0 Å². The largest absolute Gasteiger partial charge is 0.388 e. The van der Waals surface area contributed by atoms with Crippen LogP contribution in [0.1, 0.15) is 30.3 Å². The molecule has 1 heterocycles. The van der Waals surface area contributed by atoms with Crippen molar-refractivity contribution in [3.05, 3.63) is 66.0 Å². The Morgan fingerprint density at radius 2 is 1.88 bits per heavy atom. The highest BCUT2D eigenvalue weighted by atomic mass is 16.3. The lowest BCUT2D eigenvalue weighted by Crippen LogP contribution is -2.26. The van der Waals surface area contributed by atoms with Gasteiger partial charge in [-0.05, 0) is 31.0 Å². The molecule has 25 heavy (non-hydrogen) atoms. The van der Waals surface area contributed by atoms with Gasteiger partial charge in [-0.25, -0.2) is 4.98 Å². The van der Waals surface area contributed by atoms with E-state index >= 15 is 0 Å². The average Bonchev–Trinajstić information content (AvgIpc) is 2.95. The van der Waals surface area contributed by atoms with Crippen molar-refractivity contribution in [2.24, 2.45) is 0 Å². The van der Waals surface area contributed by atoms with Crippen LogP contribution in [0.2, 0.25) is 0 Å². The van der Waals surface area contributed by atoms with Gasteiger partial charge < -0.3 is 15.0 Å². The minimum atomic E-state index is -0.763. The molecule has 0 spiro atoms. The first-order valence-corrected chi connectivity index (χ1v) is 8.57. The Balaban J connectivity index is 1.46. The maximum Gasteiger partial charge on any atom is 0.222 e. The molecule has 130 valence electrons. The standard InChI is InChI=1S/C20H23N3O2/c1-15-22-17-10-5-6-11-18(17)23(15)13-7-12-21-20(25)14-19(24)16-8-3-2-4-9-16/h2-6,8-11,19,24H,7,12-14H2,1H3,(H,21,25). The lowest BCUT2D eigenvalue weighted by atomic mass is 10.1. The molecule has 5 nitrogen and oxygen atoms in total. The number of rotatable bonds is 7. The third-order valence-corrected chi connectivity index (χ3v) is 4.29. The summed E-state index contributed by atoms with van der Waals surface area (Å²) in [5.41, 5.74) is 2.87. The monoisotopic (exact) mass is 337 g/mol. The van der Waals surface area contributed by atoms with Crippen molar-refractivity contribution in [3.63, 3.8) is 0 Å². The van der Waals surface area contributed by atoms with Crippen LogP contribution in [0.15, 0.2) is 54.6 Å². The molecule has 0 bridgehead atoms. The number of imidazole rings is 1. The number of carbonyl (C=O) groups is 1. The highest BCUT2D eigenvalue weighted by Gasteiger charge is 2.12. The van der Waals surface area contributed by atoms with E-state index in [-0.39, 0.29) is 12.3 Å². The smallest absolute Gasteiger partial charge is 0.222 e. The summed E-state index contributed by atoms with van der Waals surface area (Å²) >= 11 is 0. The molecule has 2 N–H and O–H groups in total. The molecule has 0 saturated carbocycles. The van der Waals surface area contributed by atoms with Gasteiger partial charge in [0.2, 0.25) is 5.91 Å². The first-order valence-electron chi connectivity index (χ1n) is 8.57. The molecule has 3 rings (SSSR count). The van der Waals surface area contributed by atoms with Gasteiger partial charge in [-0.3, -0.25) is 4.79 Å². The fourth-order valence-electron chi connectivity index (χ4n) is 2.98. The van der Waals surface area contributed by atoms with E-state index in [0.717, 1.165) is 35.4 Å². The summed E-state index contributed by atoms with van der Waals surface area (Å²) in [5.74, 6) is 0.843. The van der Waals surface area contributed by atoms with E-state index < -0.39 is 6.10 Å². The Morgan fingerprint density at radius 3 is 2.68 bits per heavy atom. The molecule has 1 amide bonds. The van der Waals surface area contributed by atoms with Crippen LogP contribution in [0, 0.1) is 6.92 Å². The van der Waals surface area contributed by atoms with Crippen LogP contribution in [0.4, 0.5) is 0 Å². The van der Waals surface area contributed by atoms with Gasteiger partial charge >= 0.3 is 0 Å². The second-order valence-electron chi connectivity index (χ2n) is 6.13. The van der Waals surface area contributed by atoms with Gasteiger partial charge in [-0.2, -0.15) is 0 Å². The van der Waals surface area contributed by atoms with Crippen molar-refractivity contribution >= 4 is 16.9 Å². The van der Waals surface area contributed by atoms with Crippen molar-refractivity contribution < 1.29 is 9.90 Å². The number of hydrogen-bond donors (Lipinski definition) is 2. The van der Waals surface area contributed by atoms with E-state index in [1.807, 2.05) is 55.5 Å². The van der Waals surface area contributed by atoms with Gasteiger partial charge in [0.05, 0.1) is 23.6 Å². The summed E-state index contributed by atoms with van der Waals surface area (Å²) in [6.07, 6.45) is 0.131. The topological polar surface area (TPSA) is 67.2 Å². The van der Waals surface area contributed by atoms with E-state index in [1.54, 1.807) is 0 Å². The van der Waals surface area contributed by atoms with Gasteiger partial charge in [0.15, 0.2) is 0 Å². The number of amides is 1. The Kier molecular flexibility index (Phi) is 5.46. The van der Waals surface area contributed by atoms with E-state index in [1.165, 1.54) is 0 Å². The highest BCUT2D eigenvalue weighted by molar-refractivity contribution is 5.77. The lowest BCUT2D eigenvalue weighted by molar-refractivity contribution is -0.123. The number of aryl methyl sites for hydroxylation is 2. The predicted octanol–water partition coefficient (Wildman–Crippen LogP) is 2.97. The highest BCUT2D eigenvalue weighted by Crippen LogP contribution is 2.16. The second-order valence-corrected chi connectivity index (χ2v) is 6.13. The minimum Gasteiger partial charge on any atom is -0.388 e. The quantitative estimate of drug-likeness (QED) is 0.651. The molecule has 1 aromatic heterocycles. The first kappa shape index (κ1) is 17.2. The van der Waals surface area contributed by atoms with Crippen molar-refractivity contribution in [2.45, 2.75) is 32.4 Å². The number of para-hydroxylation sites is 2.